The predicted molar refractivity (Wildman–Crippen MR) is 133 cm³/mol. The number of esters is 1. The number of carbonyl (C=O) groups excluding carboxylic acids is 2. The van der Waals surface area contributed by atoms with Crippen LogP contribution < -0.4 is 0 Å². The number of unbranched alkanes of at least 4 members (excludes halogenated alkanes) is 3. The van der Waals surface area contributed by atoms with E-state index in [0.29, 0.717) is 18.1 Å². The average Bonchev–Trinajstić information content (AvgIpc) is 3.01. The van der Waals surface area contributed by atoms with E-state index < -0.39 is 8.07 Å². The summed E-state index contributed by atoms with van der Waals surface area (Å²) in [5.41, 5.74) is 1.89. The number of rotatable bonds is 12. The lowest BCUT2D eigenvalue weighted by Gasteiger charge is -2.16. The van der Waals surface area contributed by atoms with E-state index in [1.807, 2.05) is 29.7 Å². The fourth-order valence-electron chi connectivity index (χ4n) is 3.72. The molecule has 0 radical (unpaired) electrons. The van der Waals surface area contributed by atoms with Crippen LogP contribution in [0.15, 0.2) is 24.3 Å². The number of carbonyl (C=O) groups is 2. The van der Waals surface area contributed by atoms with Gasteiger partial charge in [-0.15, -0.1) is 0 Å². The molecule has 1 aromatic carbocycles. The smallest absolute Gasteiger partial charge is 0.306 e. The van der Waals surface area contributed by atoms with Crippen molar-refractivity contribution < 1.29 is 14.3 Å². The molecule has 0 aliphatic rings. The molecule has 0 aliphatic carbocycles. The first-order chi connectivity index (χ1) is 14.6. The van der Waals surface area contributed by atoms with Crippen LogP contribution in [-0.2, 0) is 16.0 Å². The second-order valence-electron chi connectivity index (χ2n) is 9.92. The van der Waals surface area contributed by atoms with E-state index in [4.69, 9.17) is 16.3 Å². The minimum atomic E-state index is -1.23. The van der Waals surface area contributed by atoms with Crippen molar-refractivity contribution in [2.75, 3.05) is 6.61 Å². The number of hydrogen-bond donors (Lipinski definition) is 0. The Labute approximate surface area is 193 Å². The Kier molecular flexibility index (Phi) is 9.82. The lowest BCUT2D eigenvalue weighted by molar-refractivity contribution is -0.144. The molecule has 4 nitrogen and oxygen atoms in total. The van der Waals surface area contributed by atoms with Crippen LogP contribution in [0.3, 0.4) is 0 Å². The third kappa shape index (κ3) is 8.45. The molecule has 2 aromatic rings. The van der Waals surface area contributed by atoms with Gasteiger partial charge < -0.3 is 4.74 Å². The van der Waals surface area contributed by atoms with Crippen molar-refractivity contribution in [3.63, 3.8) is 0 Å². The Morgan fingerprint density at radius 3 is 2.52 bits per heavy atom. The van der Waals surface area contributed by atoms with Gasteiger partial charge in [0.2, 0.25) is 5.91 Å². The maximum Gasteiger partial charge on any atom is 0.306 e. The molecule has 31 heavy (non-hydrogen) atoms. The highest BCUT2D eigenvalue weighted by molar-refractivity contribution is 6.76. The first-order valence-electron chi connectivity index (χ1n) is 11.6. The second-order valence-corrected chi connectivity index (χ2v) is 16.0. The average molecular weight is 464 g/mol. The highest BCUT2D eigenvalue weighted by Crippen LogP contribution is 2.26. The van der Waals surface area contributed by atoms with E-state index in [0.717, 1.165) is 41.9 Å². The summed E-state index contributed by atoms with van der Waals surface area (Å²) in [5, 5.41) is 1.65. The van der Waals surface area contributed by atoms with Gasteiger partial charge >= 0.3 is 5.97 Å². The van der Waals surface area contributed by atoms with Crippen LogP contribution >= 0.6 is 11.6 Å². The summed E-state index contributed by atoms with van der Waals surface area (Å²) < 4.78 is 7.23. The van der Waals surface area contributed by atoms with Crippen molar-refractivity contribution in [2.24, 2.45) is 5.92 Å². The van der Waals surface area contributed by atoms with Crippen molar-refractivity contribution in [3.05, 3.63) is 35.0 Å². The molecule has 6 heteroatoms. The quantitative estimate of drug-likeness (QED) is 0.188. The third-order valence-corrected chi connectivity index (χ3v) is 7.47. The van der Waals surface area contributed by atoms with Crippen LogP contribution in [0.25, 0.3) is 10.9 Å². The summed E-state index contributed by atoms with van der Waals surface area (Å²) >= 11 is 6.22. The standard InChI is InChI=1S/C25H38ClNO3Si/c1-6-7-8-9-10-22-17-20-11-12-21(26)18-23(20)27(22)24(28)15-19(2)16-25(29)30-13-14-31(3,4)5/h11-12,17-19H,6-10,13-16H2,1-5H3. The Bertz CT molecular complexity index is 885. The van der Waals surface area contributed by atoms with E-state index in [-0.39, 0.29) is 24.2 Å². The van der Waals surface area contributed by atoms with Crippen LogP contribution in [-0.4, -0.2) is 31.1 Å². The minimum absolute atomic E-state index is 0.0187. The molecule has 0 fully saturated rings. The lowest BCUT2D eigenvalue weighted by Crippen LogP contribution is -2.23. The maximum absolute atomic E-state index is 13.3. The molecule has 172 valence electrons. The molecule has 0 aliphatic heterocycles. The Morgan fingerprint density at radius 2 is 1.84 bits per heavy atom. The van der Waals surface area contributed by atoms with E-state index >= 15 is 0 Å². The monoisotopic (exact) mass is 463 g/mol. The number of aryl methyl sites for hydroxylation is 1. The van der Waals surface area contributed by atoms with Crippen LogP contribution in [0.5, 0.6) is 0 Å². The van der Waals surface area contributed by atoms with Gasteiger partial charge in [0.25, 0.3) is 0 Å². The van der Waals surface area contributed by atoms with Crippen molar-refractivity contribution in [1.29, 1.82) is 0 Å². The van der Waals surface area contributed by atoms with Crippen LogP contribution in [0.2, 0.25) is 30.7 Å². The molecule has 0 spiro atoms. The van der Waals surface area contributed by atoms with Gasteiger partial charge in [-0.05, 0) is 43.0 Å². The molecule has 2 rings (SSSR count). The van der Waals surface area contributed by atoms with Crippen LogP contribution in [0.1, 0.15) is 62.9 Å². The van der Waals surface area contributed by atoms with Gasteiger partial charge in [0.15, 0.2) is 0 Å². The van der Waals surface area contributed by atoms with Crippen molar-refractivity contribution in [3.8, 4) is 0 Å². The van der Waals surface area contributed by atoms with Crippen LogP contribution in [0.4, 0.5) is 0 Å². The van der Waals surface area contributed by atoms with Crippen molar-refractivity contribution >= 4 is 42.5 Å². The van der Waals surface area contributed by atoms with Gasteiger partial charge in [-0.3, -0.25) is 14.2 Å². The van der Waals surface area contributed by atoms with Crippen molar-refractivity contribution in [1.82, 2.24) is 4.57 Å². The highest BCUT2D eigenvalue weighted by Gasteiger charge is 2.20. The zero-order valence-corrected chi connectivity index (χ0v) is 21.6. The summed E-state index contributed by atoms with van der Waals surface area (Å²) in [5.74, 6) is -0.264. The first kappa shape index (κ1) is 25.7. The van der Waals surface area contributed by atoms with E-state index in [9.17, 15) is 9.59 Å². The third-order valence-electron chi connectivity index (χ3n) is 5.53. The first-order valence-corrected chi connectivity index (χ1v) is 15.7. The number of nitrogens with zero attached hydrogens (tertiary/aromatic N) is 1. The normalized spacial score (nSPS) is 12.8. The van der Waals surface area contributed by atoms with Gasteiger partial charge in [0, 0.05) is 37.0 Å². The maximum atomic E-state index is 13.3. The number of fused-ring (bicyclic) bond motifs is 1. The van der Waals surface area contributed by atoms with Gasteiger partial charge in [-0.1, -0.05) is 70.4 Å². The molecular weight excluding hydrogens is 426 g/mol. The molecule has 1 heterocycles. The summed E-state index contributed by atoms with van der Waals surface area (Å²) in [6.07, 6.45) is 6.05. The Hall–Kier alpha value is -1.59. The fraction of sp³-hybridized carbons (Fsp3) is 0.600. The molecule has 0 saturated carbocycles. The zero-order valence-electron chi connectivity index (χ0n) is 19.8. The molecular formula is C25H38ClNO3Si. The zero-order chi connectivity index (χ0) is 23.0. The highest BCUT2D eigenvalue weighted by atomic mass is 35.5. The number of halogens is 1. The topological polar surface area (TPSA) is 48.3 Å². The Morgan fingerprint density at radius 1 is 1.10 bits per heavy atom. The molecule has 1 unspecified atom stereocenters. The second kappa shape index (κ2) is 11.9. The van der Waals surface area contributed by atoms with Crippen molar-refractivity contribution in [2.45, 2.75) is 84.5 Å². The van der Waals surface area contributed by atoms with Gasteiger partial charge in [-0.2, -0.15) is 0 Å². The van der Waals surface area contributed by atoms with Crippen LogP contribution in [0, 0.1) is 5.92 Å². The van der Waals surface area contributed by atoms with Gasteiger partial charge in [-0.25, -0.2) is 0 Å². The van der Waals surface area contributed by atoms with Gasteiger partial charge in [0.05, 0.1) is 12.1 Å². The number of ether oxygens (including phenoxy) is 1. The number of benzene rings is 1. The fourth-order valence-corrected chi connectivity index (χ4v) is 4.60. The Balaban J connectivity index is 2.05. The molecule has 1 aromatic heterocycles. The van der Waals surface area contributed by atoms with E-state index in [1.165, 1.54) is 12.8 Å². The molecule has 1 atom stereocenters. The number of hydrogen-bond acceptors (Lipinski definition) is 3. The van der Waals surface area contributed by atoms with Gasteiger partial charge in [0.1, 0.15) is 0 Å². The minimum Gasteiger partial charge on any atom is -0.466 e. The molecule has 0 saturated heterocycles. The summed E-state index contributed by atoms with van der Waals surface area (Å²) in [6.45, 7) is 11.4. The largest absolute Gasteiger partial charge is 0.466 e. The van der Waals surface area contributed by atoms with E-state index in [2.05, 4.69) is 32.6 Å². The molecule has 0 N–H and O–H groups in total. The summed E-state index contributed by atoms with van der Waals surface area (Å²) in [4.78, 5) is 25.4. The number of aromatic nitrogens is 1. The summed E-state index contributed by atoms with van der Waals surface area (Å²) in [7, 11) is -1.23. The SMILES string of the molecule is CCCCCCc1cc2ccc(Cl)cc2n1C(=O)CC(C)CC(=O)OCC[Si](C)(C)C. The molecule has 0 amide bonds. The van der Waals surface area contributed by atoms with E-state index in [1.54, 1.807) is 0 Å². The predicted octanol–water partition coefficient (Wildman–Crippen LogP) is 7.36. The lowest BCUT2D eigenvalue weighted by atomic mass is 10.0. The summed E-state index contributed by atoms with van der Waals surface area (Å²) in [6, 6.07) is 8.75. The molecule has 0 bridgehead atoms.